The lowest BCUT2D eigenvalue weighted by Gasteiger charge is -2.38. The summed E-state index contributed by atoms with van der Waals surface area (Å²) in [6.07, 6.45) is 8.29. The molecular weight excluding hydrogens is 260 g/mol. The van der Waals surface area contributed by atoms with Gasteiger partial charge in [0.1, 0.15) is 5.76 Å². The number of hydrogen-bond donors (Lipinski definition) is 1. The normalized spacial score (nSPS) is 30.2. The van der Waals surface area contributed by atoms with Gasteiger partial charge in [-0.15, -0.1) is 0 Å². The average Bonchev–Trinajstić information content (AvgIpc) is 3.18. The molecule has 3 unspecified atom stereocenters. The first-order valence-electron chi connectivity index (χ1n) is 8.65. The van der Waals surface area contributed by atoms with Crippen molar-refractivity contribution in [2.24, 2.45) is 23.5 Å². The van der Waals surface area contributed by atoms with Gasteiger partial charge in [-0.05, 0) is 62.0 Å². The van der Waals surface area contributed by atoms with Gasteiger partial charge in [0.15, 0.2) is 0 Å². The predicted molar refractivity (Wildman–Crippen MR) is 85.8 cm³/mol. The second kappa shape index (κ2) is 6.53. The van der Waals surface area contributed by atoms with Crippen LogP contribution in [0.3, 0.4) is 0 Å². The van der Waals surface area contributed by atoms with Crippen LogP contribution in [-0.4, -0.2) is 23.5 Å². The lowest BCUT2D eigenvalue weighted by atomic mass is 9.73. The fourth-order valence-electron chi connectivity index (χ4n) is 3.83. The van der Waals surface area contributed by atoms with Gasteiger partial charge in [0.25, 0.3) is 0 Å². The molecule has 2 saturated carbocycles. The largest absolute Gasteiger partial charge is 0.468 e. The van der Waals surface area contributed by atoms with Crippen molar-refractivity contribution >= 4 is 0 Å². The summed E-state index contributed by atoms with van der Waals surface area (Å²) in [5.41, 5.74) is 6.43. The minimum absolute atomic E-state index is 0.387. The Labute approximate surface area is 128 Å². The first-order chi connectivity index (χ1) is 10.1. The molecule has 0 bridgehead atoms. The summed E-state index contributed by atoms with van der Waals surface area (Å²) in [6, 6.07) is 5.23. The Bertz CT molecular complexity index is 424. The number of hydrogen-bond acceptors (Lipinski definition) is 3. The lowest BCUT2D eigenvalue weighted by Crippen LogP contribution is -2.44. The summed E-state index contributed by atoms with van der Waals surface area (Å²) in [5, 5.41) is 0. The van der Waals surface area contributed by atoms with Crippen molar-refractivity contribution in [3.05, 3.63) is 24.2 Å². The summed E-state index contributed by atoms with van der Waals surface area (Å²) in [5.74, 6) is 3.40. The molecule has 2 fully saturated rings. The van der Waals surface area contributed by atoms with Gasteiger partial charge in [-0.2, -0.15) is 0 Å². The number of furan rings is 1. The van der Waals surface area contributed by atoms with Crippen molar-refractivity contribution in [3.63, 3.8) is 0 Å². The van der Waals surface area contributed by atoms with Crippen molar-refractivity contribution in [1.82, 2.24) is 4.90 Å². The first kappa shape index (κ1) is 15.1. The molecule has 0 aliphatic heterocycles. The highest BCUT2D eigenvalue weighted by molar-refractivity contribution is 5.00. The molecular formula is C18H30N2O. The smallest absolute Gasteiger partial charge is 0.117 e. The molecule has 3 rings (SSSR count). The highest BCUT2D eigenvalue weighted by Gasteiger charge is 2.35. The van der Waals surface area contributed by atoms with Crippen molar-refractivity contribution in [3.8, 4) is 0 Å². The molecule has 21 heavy (non-hydrogen) atoms. The minimum Gasteiger partial charge on any atom is -0.468 e. The van der Waals surface area contributed by atoms with E-state index in [1.54, 1.807) is 6.26 Å². The number of nitrogens with two attached hydrogens (primary N) is 1. The Balaban J connectivity index is 1.61. The quantitative estimate of drug-likeness (QED) is 0.869. The third-order valence-corrected chi connectivity index (χ3v) is 5.50. The minimum atomic E-state index is 0.387. The number of rotatable bonds is 6. The Morgan fingerprint density at radius 1 is 1.29 bits per heavy atom. The monoisotopic (exact) mass is 290 g/mol. The molecule has 0 saturated heterocycles. The zero-order chi connectivity index (χ0) is 14.8. The maximum absolute atomic E-state index is 6.43. The van der Waals surface area contributed by atoms with Gasteiger partial charge in [-0.25, -0.2) is 0 Å². The van der Waals surface area contributed by atoms with E-state index < -0.39 is 0 Å². The van der Waals surface area contributed by atoms with E-state index in [1.165, 1.54) is 32.1 Å². The van der Waals surface area contributed by atoms with Gasteiger partial charge in [-0.1, -0.05) is 13.8 Å². The van der Waals surface area contributed by atoms with Crippen LogP contribution in [0, 0.1) is 17.8 Å². The van der Waals surface area contributed by atoms with Crippen LogP contribution in [0.2, 0.25) is 0 Å². The van der Waals surface area contributed by atoms with E-state index in [0.29, 0.717) is 12.0 Å². The van der Waals surface area contributed by atoms with Crippen LogP contribution in [0.15, 0.2) is 22.8 Å². The molecule has 3 atom stereocenters. The van der Waals surface area contributed by atoms with Crippen LogP contribution in [0.25, 0.3) is 0 Å². The first-order valence-corrected chi connectivity index (χ1v) is 8.65. The van der Waals surface area contributed by atoms with Crippen molar-refractivity contribution in [2.75, 3.05) is 6.54 Å². The second-order valence-electron chi connectivity index (χ2n) is 7.48. The fourth-order valence-corrected chi connectivity index (χ4v) is 3.83. The van der Waals surface area contributed by atoms with Crippen LogP contribution < -0.4 is 5.73 Å². The van der Waals surface area contributed by atoms with Crippen molar-refractivity contribution < 1.29 is 4.42 Å². The molecule has 0 radical (unpaired) electrons. The molecule has 0 amide bonds. The molecule has 2 aliphatic rings. The highest BCUT2D eigenvalue weighted by atomic mass is 16.3. The zero-order valence-electron chi connectivity index (χ0n) is 13.5. The molecule has 1 aromatic rings. The second-order valence-corrected chi connectivity index (χ2v) is 7.48. The number of nitrogens with zero attached hydrogens (tertiary/aromatic N) is 1. The predicted octanol–water partition coefficient (Wildman–Crippen LogP) is 3.64. The standard InChI is InChI=1S/C18H30N2O/c1-13(2)14-5-8-18(19)15(10-14)11-20(16-6-7-16)12-17-4-3-9-21-17/h3-4,9,13-16,18H,5-8,10-12,19H2,1-2H3. The Kier molecular flexibility index (Phi) is 4.70. The van der Waals surface area contributed by atoms with E-state index >= 15 is 0 Å². The van der Waals surface area contributed by atoms with Crippen LogP contribution >= 0.6 is 0 Å². The molecule has 3 heteroatoms. The average molecular weight is 290 g/mol. The molecule has 0 aromatic carbocycles. The molecule has 118 valence electrons. The summed E-state index contributed by atoms with van der Waals surface area (Å²) in [7, 11) is 0. The highest BCUT2D eigenvalue weighted by Crippen LogP contribution is 2.36. The summed E-state index contributed by atoms with van der Waals surface area (Å²) in [6.45, 7) is 6.82. The third kappa shape index (κ3) is 3.89. The van der Waals surface area contributed by atoms with E-state index in [4.69, 9.17) is 10.2 Å². The van der Waals surface area contributed by atoms with E-state index in [9.17, 15) is 0 Å². The molecule has 2 N–H and O–H groups in total. The molecule has 0 spiro atoms. The Morgan fingerprint density at radius 3 is 2.71 bits per heavy atom. The van der Waals surface area contributed by atoms with Gasteiger partial charge >= 0.3 is 0 Å². The van der Waals surface area contributed by atoms with E-state index in [2.05, 4.69) is 24.8 Å². The summed E-state index contributed by atoms with van der Waals surface area (Å²) >= 11 is 0. The van der Waals surface area contributed by atoms with Gasteiger partial charge in [0.05, 0.1) is 12.8 Å². The van der Waals surface area contributed by atoms with Crippen molar-refractivity contribution in [1.29, 1.82) is 0 Å². The molecule has 1 aromatic heterocycles. The van der Waals surface area contributed by atoms with Gasteiger partial charge in [0.2, 0.25) is 0 Å². The maximum Gasteiger partial charge on any atom is 0.117 e. The van der Waals surface area contributed by atoms with E-state index in [0.717, 1.165) is 36.7 Å². The van der Waals surface area contributed by atoms with E-state index in [-0.39, 0.29) is 0 Å². The van der Waals surface area contributed by atoms with Crippen LogP contribution in [0.1, 0.15) is 51.7 Å². The van der Waals surface area contributed by atoms with Crippen LogP contribution in [-0.2, 0) is 6.54 Å². The molecule has 2 aliphatic carbocycles. The van der Waals surface area contributed by atoms with Crippen molar-refractivity contribution in [2.45, 2.75) is 64.6 Å². The molecule has 1 heterocycles. The maximum atomic E-state index is 6.43. The molecule has 3 nitrogen and oxygen atoms in total. The van der Waals surface area contributed by atoms with Gasteiger partial charge in [-0.3, -0.25) is 4.90 Å². The topological polar surface area (TPSA) is 42.4 Å². The van der Waals surface area contributed by atoms with Crippen LogP contribution in [0.4, 0.5) is 0 Å². The SMILES string of the molecule is CC(C)C1CCC(N)C(CN(Cc2ccco2)C2CC2)C1. The van der Waals surface area contributed by atoms with E-state index in [1.807, 2.05) is 6.07 Å². The third-order valence-electron chi connectivity index (χ3n) is 5.50. The fraction of sp³-hybridized carbons (Fsp3) is 0.778. The van der Waals surface area contributed by atoms with Crippen LogP contribution in [0.5, 0.6) is 0 Å². The summed E-state index contributed by atoms with van der Waals surface area (Å²) in [4.78, 5) is 2.62. The Morgan fingerprint density at radius 2 is 2.10 bits per heavy atom. The van der Waals surface area contributed by atoms with Gasteiger partial charge in [0, 0.05) is 18.6 Å². The Hall–Kier alpha value is -0.800. The zero-order valence-corrected chi connectivity index (χ0v) is 13.5. The lowest BCUT2D eigenvalue weighted by molar-refractivity contribution is 0.123. The summed E-state index contributed by atoms with van der Waals surface area (Å²) < 4.78 is 5.54. The van der Waals surface area contributed by atoms with Gasteiger partial charge < -0.3 is 10.2 Å².